The summed E-state index contributed by atoms with van der Waals surface area (Å²) in [5, 5.41) is 13.4. The Morgan fingerprint density at radius 3 is 2.62 bits per heavy atom. The van der Waals surface area contributed by atoms with Gasteiger partial charge >= 0.3 is 0 Å². The molecule has 0 bridgehead atoms. The molecule has 0 saturated heterocycles. The van der Waals surface area contributed by atoms with Crippen molar-refractivity contribution in [3.05, 3.63) is 47.2 Å². The third-order valence-corrected chi connectivity index (χ3v) is 3.29. The minimum Gasteiger partial charge on any atom is -0.398 e. The predicted molar refractivity (Wildman–Crippen MR) is 90.8 cm³/mol. The monoisotopic (exact) mass is 287 g/mol. The third-order valence-electron chi connectivity index (χ3n) is 3.29. The number of benzene rings is 1. The largest absolute Gasteiger partial charge is 0.398 e. The maximum absolute atomic E-state index is 7.45. The van der Waals surface area contributed by atoms with E-state index in [0.29, 0.717) is 6.42 Å². The van der Waals surface area contributed by atoms with Crippen LogP contribution in [0.4, 0.5) is 0 Å². The second-order valence-corrected chi connectivity index (χ2v) is 4.85. The number of aryl methyl sites for hydroxylation is 1. The van der Waals surface area contributed by atoms with Gasteiger partial charge in [0.15, 0.2) is 0 Å². The Labute approximate surface area is 126 Å². The van der Waals surface area contributed by atoms with Crippen LogP contribution in [0.1, 0.15) is 23.1 Å². The highest BCUT2D eigenvalue weighted by Crippen LogP contribution is 2.20. The highest BCUT2D eigenvalue weighted by molar-refractivity contribution is 6.08. The fourth-order valence-electron chi connectivity index (χ4n) is 2.01. The molecule has 0 amide bonds. The minimum atomic E-state index is -0.0915. The Kier molecular flexibility index (Phi) is 6.65. The van der Waals surface area contributed by atoms with E-state index < -0.39 is 0 Å². The molecule has 1 atom stereocenters. The number of hydrogen-bond donors (Lipinski definition) is 5. The van der Waals surface area contributed by atoms with Gasteiger partial charge in [-0.2, -0.15) is 0 Å². The molecule has 21 heavy (non-hydrogen) atoms. The highest BCUT2D eigenvalue weighted by Gasteiger charge is 2.06. The van der Waals surface area contributed by atoms with Gasteiger partial charge in [-0.05, 0) is 31.5 Å². The van der Waals surface area contributed by atoms with Gasteiger partial charge < -0.3 is 27.5 Å². The molecule has 0 radical (unpaired) electrons. The van der Waals surface area contributed by atoms with Gasteiger partial charge in [-0.25, -0.2) is 0 Å². The van der Waals surface area contributed by atoms with Crippen LogP contribution in [0.15, 0.2) is 30.5 Å². The van der Waals surface area contributed by atoms with Gasteiger partial charge in [-0.3, -0.25) is 0 Å². The quantitative estimate of drug-likeness (QED) is 0.386. The smallest absolute Gasteiger partial charge is 0.0580 e. The topological polar surface area (TPSA) is 100.0 Å². The molecule has 7 N–H and O–H groups in total. The molecule has 5 heteroatoms. The first-order chi connectivity index (χ1) is 10.0. The first-order valence-corrected chi connectivity index (χ1v) is 6.91. The second kappa shape index (κ2) is 8.24. The van der Waals surface area contributed by atoms with Crippen molar-refractivity contribution in [3.8, 4) is 0 Å². The summed E-state index contributed by atoms with van der Waals surface area (Å²) in [6.07, 6.45) is 5.65. The van der Waals surface area contributed by atoms with Gasteiger partial charge in [-0.1, -0.05) is 24.3 Å². The van der Waals surface area contributed by atoms with E-state index in [9.17, 15) is 0 Å². The van der Waals surface area contributed by atoms with E-state index in [0.717, 1.165) is 28.0 Å². The summed E-state index contributed by atoms with van der Waals surface area (Å²) in [5.41, 5.74) is 16.5. The summed E-state index contributed by atoms with van der Waals surface area (Å²) < 4.78 is 0. The van der Waals surface area contributed by atoms with Crippen molar-refractivity contribution < 1.29 is 0 Å². The molecule has 0 aromatic heterocycles. The third kappa shape index (κ3) is 4.73. The number of rotatable bonds is 7. The molecule has 0 aliphatic rings. The molecule has 5 nitrogen and oxygen atoms in total. The average Bonchev–Trinajstić information content (AvgIpc) is 2.49. The number of nitrogens with one attached hydrogen (secondary N) is 3. The molecule has 1 aromatic carbocycles. The molecule has 0 aliphatic heterocycles. The van der Waals surface area contributed by atoms with Crippen LogP contribution >= 0.6 is 0 Å². The molecule has 114 valence electrons. The van der Waals surface area contributed by atoms with Gasteiger partial charge in [-0.15, -0.1) is 0 Å². The zero-order chi connectivity index (χ0) is 15.8. The lowest BCUT2D eigenvalue weighted by Gasteiger charge is -2.11. The molecule has 1 aromatic rings. The van der Waals surface area contributed by atoms with E-state index in [1.807, 2.05) is 45.3 Å². The first kappa shape index (κ1) is 16.9. The van der Waals surface area contributed by atoms with Crippen molar-refractivity contribution in [3.63, 3.8) is 0 Å². The number of allylic oxidation sites excluding steroid dienone is 1. The van der Waals surface area contributed by atoms with Crippen LogP contribution in [0.5, 0.6) is 0 Å². The average molecular weight is 287 g/mol. The first-order valence-electron chi connectivity index (χ1n) is 6.91. The zero-order valence-electron chi connectivity index (χ0n) is 12.9. The maximum atomic E-state index is 7.45. The fraction of sp³-hybridized carbons (Fsp3) is 0.312. The second-order valence-electron chi connectivity index (χ2n) is 4.85. The Morgan fingerprint density at radius 2 is 2.10 bits per heavy atom. The van der Waals surface area contributed by atoms with Gasteiger partial charge in [0.1, 0.15) is 0 Å². The molecule has 1 unspecified atom stereocenters. The summed E-state index contributed by atoms with van der Waals surface area (Å²) in [5.74, 6) is 0. The van der Waals surface area contributed by atoms with E-state index in [1.165, 1.54) is 6.21 Å². The van der Waals surface area contributed by atoms with Crippen molar-refractivity contribution >= 4 is 17.5 Å². The van der Waals surface area contributed by atoms with Gasteiger partial charge in [0.05, 0.1) is 6.17 Å². The van der Waals surface area contributed by atoms with E-state index in [2.05, 4.69) is 10.6 Å². The van der Waals surface area contributed by atoms with Crippen molar-refractivity contribution in [1.29, 1.82) is 5.41 Å². The molecular formula is C16H25N5. The standard InChI is InChI=1S/C16H25N5/c1-11-8-12(13(9-17)10-20-2)4-5-14(11)15(18)6-7-16(19)21-3/h4-6,8-10,16-17,20-21H,7,18-19H2,1-3H3/b13-10+,15-6-,17-9?. The Bertz CT molecular complexity index is 546. The van der Waals surface area contributed by atoms with Crippen LogP contribution in [-0.2, 0) is 0 Å². The lowest BCUT2D eigenvalue weighted by Crippen LogP contribution is -2.33. The lowest BCUT2D eigenvalue weighted by molar-refractivity contribution is 0.593. The van der Waals surface area contributed by atoms with E-state index in [1.54, 1.807) is 6.20 Å². The van der Waals surface area contributed by atoms with Crippen molar-refractivity contribution in [2.24, 2.45) is 11.5 Å². The lowest BCUT2D eigenvalue weighted by atomic mass is 9.98. The highest BCUT2D eigenvalue weighted by atomic mass is 15.0. The number of nitrogens with two attached hydrogens (primary N) is 2. The van der Waals surface area contributed by atoms with E-state index in [4.69, 9.17) is 16.9 Å². The van der Waals surface area contributed by atoms with Crippen LogP contribution in [-0.4, -0.2) is 26.5 Å². The van der Waals surface area contributed by atoms with Crippen LogP contribution in [0.25, 0.3) is 11.3 Å². The van der Waals surface area contributed by atoms with Crippen molar-refractivity contribution in [2.75, 3.05) is 14.1 Å². The Balaban J connectivity index is 3.02. The summed E-state index contributed by atoms with van der Waals surface area (Å²) >= 11 is 0. The van der Waals surface area contributed by atoms with Gasteiger partial charge in [0.25, 0.3) is 0 Å². The summed E-state index contributed by atoms with van der Waals surface area (Å²) in [4.78, 5) is 0. The zero-order valence-corrected chi connectivity index (χ0v) is 12.9. The molecule has 1 rings (SSSR count). The van der Waals surface area contributed by atoms with Crippen molar-refractivity contribution in [2.45, 2.75) is 19.5 Å². The summed E-state index contributed by atoms with van der Waals surface area (Å²) in [6.45, 7) is 2.01. The molecule has 0 fully saturated rings. The van der Waals surface area contributed by atoms with E-state index >= 15 is 0 Å². The minimum absolute atomic E-state index is 0.0915. The maximum Gasteiger partial charge on any atom is 0.0580 e. The Morgan fingerprint density at radius 1 is 1.38 bits per heavy atom. The normalized spacial score (nSPS) is 13.9. The van der Waals surface area contributed by atoms with Crippen LogP contribution in [0.3, 0.4) is 0 Å². The van der Waals surface area contributed by atoms with Crippen LogP contribution < -0.4 is 22.1 Å². The molecule has 0 saturated carbocycles. The Hall–Kier alpha value is -2.11. The van der Waals surface area contributed by atoms with Crippen LogP contribution in [0.2, 0.25) is 0 Å². The SMILES string of the molecule is CN/C=C(\C=N)c1ccc(/C(N)=C/CC(N)NC)c(C)c1. The van der Waals surface area contributed by atoms with Crippen LogP contribution in [0, 0.1) is 12.3 Å². The van der Waals surface area contributed by atoms with Gasteiger partial charge in [0, 0.05) is 36.3 Å². The van der Waals surface area contributed by atoms with E-state index in [-0.39, 0.29) is 6.17 Å². The van der Waals surface area contributed by atoms with Crippen molar-refractivity contribution in [1.82, 2.24) is 10.6 Å². The molecular weight excluding hydrogens is 262 g/mol. The summed E-state index contributed by atoms with van der Waals surface area (Å²) in [6, 6.07) is 5.98. The number of hydrogen-bond acceptors (Lipinski definition) is 5. The van der Waals surface area contributed by atoms with Gasteiger partial charge in [0.2, 0.25) is 0 Å². The molecule has 0 heterocycles. The molecule has 0 aliphatic carbocycles. The molecule has 0 spiro atoms. The summed E-state index contributed by atoms with van der Waals surface area (Å²) in [7, 11) is 3.64. The predicted octanol–water partition coefficient (Wildman–Crippen LogP) is 1.40. The fourth-order valence-corrected chi connectivity index (χ4v) is 2.01.